The summed E-state index contributed by atoms with van der Waals surface area (Å²) in [6.45, 7) is 7.48. The quantitative estimate of drug-likeness (QED) is 0.943. The third-order valence-corrected chi connectivity index (χ3v) is 4.43. The molecule has 2 aromatic rings. The van der Waals surface area contributed by atoms with Gasteiger partial charge in [-0.1, -0.05) is 17.7 Å². The van der Waals surface area contributed by atoms with Crippen molar-refractivity contribution in [2.24, 2.45) is 0 Å². The second kappa shape index (κ2) is 7.01. The van der Waals surface area contributed by atoms with Gasteiger partial charge in [0.15, 0.2) is 0 Å². The lowest BCUT2D eigenvalue weighted by molar-refractivity contribution is 0.0658. The Morgan fingerprint density at radius 1 is 1.08 bits per heavy atom. The van der Waals surface area contributed by atoms with Gasteiger partial charge in [-0.25, -0.2) is 0 Å². The smallest absolute Gasteiger partial charge is 0.272 e. The summed E-state index contributed by atoms with van der Waals surface area (Å²) in [6, 6.07) is 10.00. The van der Waals surface area contributed by atoms with Gasteiger partial charge in [-0.3, -0.25) is 9.78 Å². The Morgan fingerprint density at radius 2 is 1.83 bits per heavy atom. The number of nitrogens with one attached hydrogen (secondary N) is 1. The van der Waals surface area contributed by atoms with Crippen LogP contribution in [0.1, 0.15) is 21.6 Å². The average molecular weight is 324 g/mol. The van der Waals surface area contributed by atoms with Gasteiger partial charge < -0.3 is 15.1 Å². The lowest BCUT2D eigenvalue weighted by Gasteiger charge is -2.32. The molecule has 1 aromatic carbocycles. The van der Waals surface area contributed by atoms with E-state index in [0.29, 0.717) is 5.69 Å². The molecule has 0 aliphatic carbocycles. The van der Waals surface area contributed by atoms with E-state index >= 15 is 0 Å². The van der Waals surface area contributed by atoms with E-state index in [9.17, 15) is 4.79 Å². The van der Waals surface area contributed by atoms with Crippen LogP contribution in [0, 0.1) is 13.8 Å². The molecule has 1 amide bonds. The highest BCUT2D eigenvalue weighted by Crippen LogP contribution is 2.22. The summed E-state index contributed by atoms with van der Waals surface area (Å²) in [6.07, 6.45) is 1.69. The maximum absolute atomic E-state index is 12.6. The fourth-order valence-corrected chi connectivity index (χ4v) is 2.91. The first-order valence-corrected chi connectivity index (χ1v) is 8.31. The molecule has 24 heavy (non-hydrogen) atoms. The van der Waals surface area contributed by atoms with Crippen molar-refractivity contribution in [2.75, 3.05) is 38.5 Å². The molecule has 5 heteroatoms. The first-order valence-electron chi connectivity index (χ1n) is 8.31. The molecule has 1 aliphatic rings. The van der Waals surface area contributed by atoms with Crippen LogP contribution in [0.2, 0.25) is 0 Å². The van der Waals surface area contributed by atoms with Crippen LogP contribution in [0.3, 0.4) is 0 Å². The highest BCUT2D eigenvalue weighted by molar-refractivity contribution is 5.93. The minimum absolute atomic E-state index is 0.00683. The van der Waals surface area contributed by atoms with Crippen molar-refractivity contribution in [2.45, 2.75) is 13.8 Å². The van der Waals surface area contributed by atoms with Crippen LogP contribution in [0.25, 0.3) is 0 Å². The second-order valence-electron chi connectivity index (χ2n) is 6.47. The van der Waals surface area contributed by atoms with Crippen LogP contribution < -0.4 is 5.32 Å². The summed E-state index contributed by atoms with van der Waals surface area (Å²) in [4.78, 5) is 21.0. The van der Waals surface area contributed by atoms with Crippen LogP contribution in [0.4, 0.5) is 11.4 Å². The molecular formula is C19H24N4O. The number of hydrogen-bond acceptors (Lipinski definition) is 4. The number of carbonyl (C=O) groups excluding carboxylic acids is 1. The first-order chi connectivity index (χ1) is 11.5. The average Bonchev–Trinajstić information content (AvgIpc) is 2.58. The molecule has 1 saturated heterocycles. The number of anilines is 2. The van der Waals surface area contributed by atoms with Gasteiger partial charge in [0.1, 0.15) is 5.69 Å². The number of aromatic nitrogens is 1. The fraction of sp³-hybridized carbons (Fsp3) is 0.368. The second-order valence-corrected chi connectivity index (χ2v) is 6.47. The predicted octanol–water partition coefficient (Wildman–Crippen LogP) is 2.83. The van der Waals surface area contributed by atoms with Gasteiger partial charge in [0, 0.05) is 43.8 Å². The number of pyridine rings is 1. The van der Waals surface area contributed by atoms with Gasteiger partial charge >= 0.3 is 0 Å². The van der Waals surface area contributed by atoms with Gasteiger partial charge in [0.05, 0.1) is 0 Å². The van der Waals surface area contributed by atoms with E-state index in [1.54, 1.807) is 6.20 Å². The van der Waals surface area contributed by atoms with Crippen LogP contribution in [0.15, 0.2) is 36.5 Å². The normalized spacial score (nSPS) is 15.4. The molecule has 2 heterocycles. The molecule has 3 rings (SSSR count). The van der Waals surface area contributed by atoms with Gasteiger partial charge in [0.25, 0.3) is 5.91 Å². The Kier molecular flexibility index (Phi) is 4.81. The Labute approximate surface area is 143 Å². The van der Waals surface area contributed by atoms with Gasteiger partial charge in [-0.2, -0.15) is 0 Å². The summed E-state index contributed by atoms with van der Waals surface area (Å²) in [7, 11) is 2.08. The molecule has 0 unspecified atom stereocenters. The van der Waals surface area contributed by atoms with Gasteiger partial charge in [-0.15, -0.1) is 0 Å². The number of likely N-dealkylation sites (N-methyl/N-ethyl adjacent to an activating group) is 1. The number of rotatable bonds is 3. The minimum atomic E-state index is 0.00683. The number of benzene rings is 1. The third-order valence-electron chi connectivity index (χ3n) is 4.43. The van der Waals surface area contributed by atoms with Crippen molar-refractivity contribution in [3.63, 3.8) is 0 Å². The lowest BCUT2D eigenvalue weighted by Crippen LogP contribution is -2.47. The van der Waals surface area contributed by atoms with Crippen molar-refractivity contribution in [3.8, 4) is 0 Å². The summed E-state index contributed by atoms with van der Waals surface area (Å²) >= 11 is 0. The maximum Gasteiger partial charge on any atom is 0.272 e. The largest absolute Gasteiger partial charge is 0.355 e. The van der Waals surface area contributed by atoms with Crippen molar-refractivity contribution in [3.05, 3.63) is 53.3 Å². The Balaban J connectivity index is 1.75. The molecule has 5 nitrogen and oxygen atoms in total. The van der Waals surface area contributed by atoms with Crippen LogP contribution >= 0.6 is 0 Å². The lowest BCUT2D eigenvalue weighted by atomic mass is 10.1. The molecule has 0 bridgehead atoms. The number of carbonyl (C=O) groups is 1. The summed E-state index contributed by atoms with van der Waals surface area (Å²) in [5, 5.41) is 3.39. The van der Waals surface area contributed by atoms with Crippen LogP contribution in [-0.4, -0.2) is 53.9 Å². The number of hydrogen-bond donors (Lipinski definition) is 1. The standard InChI is InChI=1S/C19H24N4O/c1-14-4-5-17(15(2)12-14)21-16-6-7-20-18(13-16)19(24)23-10-8-22(3)9-11-23/h4-7,12-13H,8-11H2,1-3H3,(H,20,21). The fourth-order valence-electron chi connectivity index (χ4n) is 2.91. The van der Waals surface area contributed by atoms with E-state index in [2.05, 4.69) is 54.3 Å². The Bertz CT molecular complexity index is 736. The molecule has 0 radical (unpaired) electrons. The van der Waals surface area contributed by atoms with Crippen molar-refractivity contribution in [1.82, 2.24) is 14.8 Å². The van der Waals surface area contributed by atoms with Crippen molar-refractivity contribution >= 4 is 17.3 Å². The number of aryl methyl sites for hydroxylation is 2. The van der Waals surface area contributed by atoms with Gasteiger partial charge in [-0.05, 0) is 44.7 Å². The summed E-state index contributed by atoms with van der Waals surface area (Å²) < 4.78 is 0. The number of amides is 1. The summed E-state index contributed by atoms with van der Waals surface area (Å²) in [5.41, 5.74) is 4.84. The molecule has 0 spiro atoms. The van der Waals surface area contributed by atoms with Crippen molar-refractivity contribution < 1.29 is 4.79 Å². The molecule has 1 aliphatic heterocycles. The van der Waals surface area contributed by atoms with E-state index in [-0.39, 0.29) is 5.91 Å². The van der Waals surface area contributed by atoms with Gasteiger partial charge in [0.2, 0.25) is 0 Å². The zero-order chi connectivity index (χ0) is 17.1. The summed E-state index contributed by atoms with van der Waals surface area (Å²) in [5.74, 6) is 0.00683. The minimum Gasteiger partial charge on any atom is -0.355 e. The Morgan fingerprint density at radius 3 is 2.54 bits per heavy atom. The molecule has 126 valence electrons. The topological polar surface area (TPSA) is 48.5 Å². The molecule has 1 N–H and O–H groups in total. The number of piperazine rings is 1. The predicted molar refractivity (Wildman–Crippen MR) is 96.8 cm³/mol. The van der Waals surface area contributed by atoms with E-state index in [1.807, 2.05) is 17.0 Å². The van der Waals surface area contributed by atoms with Crippen LogP contribution in [-0.2, 0) is 0 Å². The van der Waals surface area contributed by atoms with E-state index in [0.717, 1.165) is 37.6 Å². The monoisotopic (exact) mass is 324 g/mol. The zero-order valence-corrected chi connectivity index (χ0v) is 14.5. The molecule has 0 saturated carbocycles. The molecular weight excluding hydrogens is 300 g/mol. The molecule has 1 fully saturated rings. The van der Waals surface area contributed by atoms with E-state index in [4.69, 9.17) is 0 Å². The zero-order valence-electron chi connectivity index (χ0n) is 14.5. The maximum atomic E-state index is 12.6. The Hall–Kier alpha value is -2.40. The van der Waals surface area contributed by atoms with Crippen LogP contribution in [0.5, 0.6) is 0 Å². The highest BCUT2D eigenvalue weighted by Gasteiger charge is 2.21. The molecule has 1 aromatic heterocycles. The van der Waals surface area contributed by atoms with E-state index in [1.165, 1.54) is 11.1 Å². The SMILES string of the molecule is Cc1ccc(Nc2ccnc(C(=O)N3CCN(C)CC3)c2)c(C)c1. The number of nitrogens with zero attached hydrogens (tertiary/aromatic N) is 3. The van der Waals surface area contributed by atoms with E-state index < -0.39 is 0 Å². The first kappa shape index (κ1) is 16.5. The highest BCUT2D eigenvalue weighted by atomic mass is 16.2. The van der Waals surface area contributed by atoms with Crippen molar-refractivity contribution in [1.29, 1.82) is 0 Å². The molecule has 0 atom stereocenters. The third kappa shape index (κ3) is 3.74.